The third-order valence-corrected chi connectivity index (χ3v) is 7.83. The molecule has 4 rings (SSSR count). The van der Waals surface area contributed by atoms with Crippen molar-refractivity contribution in [1.29, 1.82) is 0 Å². The van der Waals surface area contributed by atoms with Crippen molar-refractivity contribution >= 4 is 29.1 Å². The number of nitrogens with zero attached hydrogens (tertiary/aromatic N) is 4. The standard InChI is InChI=1S/C31H43N7O3/c1-29(2,3)25-16-26(37(8)36-25)35-28(40)34-21-12-10-20(11-13-21)33-27(39)24-15-14-22(19-32-24)41-23-17-30(4,5)38(9)31(6,7)18-23/h10-16,19,23H,17-18H2,1-9H3,(H,33,39)(H2,34,35,40). The molecule has 10 nitrogen and oxygen atoms in total. The zero-order valence-corrected chi connectivity index (χ0v) is 25.6. The van der Waals surface area contributed by atoms with E-state index < -0.39 is 0 Å². The van der Waals surface area contributed by atoms with Crippen molar-refractivity contribution in [2.45, 2.75) is 83.9 Å². The van der Waals surface area contributed by atoms with Gasteiger partial charge in [-0.2, -0.15) is 5.10 Å². The summed E-state index contributed by atoms with van der Waals surface area (Å²) in [6, 6.07) is 11.8. The van der Waals surface area contributed by atoms with Crippen LogP contribution in [-0.4, -0.2) is 55.8 Å². The Morgan fingerprint density at radius 2 is 1.49 bits per heavy atom. The third kappa shape index (κ3) is 7.24. The highest BCUT2D eigenvalue weighted by Crippen LogP contribution is 2.38. The first-order valence-corrected chi connectivity index (χ1v) is 13.9. The molecule has 1 aromatic carbocycles. The molecule has 1 aliphatic heterocycles. The Hall–Kier alpha value is -3.92. The largest absolute Gasteiger partial charge is 0.489 e. The number of ether oxygens (including phenoxy) is 1. The van der Waals surface area contributed by atoms with E-state index >= 15 is 0 Å². The van der Waals surface area contributed by atoms with Gasteiger partial charge in [-0.05, 0) is 71.1 Å². The first kappa shape index (κ1) is 30.0. The topological polar surface area (TPSA) is 113 Å². The van der Waals surface area contributed by atoms with Crippen molar-refractivity contribution in [2.75, 3.05) is 23.0 Å². The molecule has 220 valence electrons. The average Bonchev–Trinajstić information content (AvgIpc) is 3.24. The Kier molecular flexibility index (Phi) is 8.18. The second-order valence-corrected chi connectivity index (χ2v) is 13.1. The quantitative estimate of drug-likeness (QED) is 0.338. The smallest absolute Gasteiger partial charge is 0.324 e. The van der Waals surface area contributed by atoms with Crippen LogP contribution in [0.4, 0.5) is 22.0 Å². The van der Waals surface area contributed by atoms with Crippen LogP contribution >= 0.6 is 0 Å². The Labute approximate surface area is 242 Å². The van der Waals surface area contributed by atoms with Crippen LogP contribution in [0.25, 0.3) is 0 Å². The zero-order valence-electron chi connectivity index (χ0n) is 25.6. The highest BCUT2D eigenvalue weighted by molar-refractivity contribution is 6.03. The van der Waals surface area contributed by atoms with Gasteiger partial charge in [-0.25, -0.2) is 9.78 Å². The van der Waals surface area contributed by atoms with Gasteiger partial charge in [-0.1, -0.05) is 20.8 Å². The summed E-state index contributed by atoms with van der Waals surface area (Å²) >= 11 is 0. The molecule has 0 aliphatic carbocycles. The van der Waals surface area contributed by atoms with E-state index in [0.29, 0.717) is 22.9 Å². The highest BCUT2D eigenvalue weighted by Gasteiger charge is 2.44. The molecule has 1 aliphatic rings. The number of anilines is 3. The van der Waals surface area contributed by atoms with Crippen molar-refractivity contribution in [2.24, 2.45) is 7.05 Å². The van der Waals surface area contributed by atoms with Gasteiger partial charge in [-0.3, -0.25) is 19.7 Å². The summed E-state index contributed by atoms with van der Waals surface area (Å²) in [5.41, 5.74) is 2.25. The van der Waals surface area contributed by atoms with Gasteiger partial charge in [0.15, 0.2) is 0 Å². The molecule has 10 heteroatoms. The average molecular weight is 562 g/mol. The molecule has 3 amide bonds. The van der Waals surface area contributed by atoms with E-state index in [1.807, 2.05) is 6.07 Å². The molecule has 0 saturated carbocycles. The maximum Gasteiger partial charge on any atom is 0.324 e. The number of nitrogens with one attached hydrogen (secondary N) is 3. The highest BCUT2D eigenvalue weighted by atomic mass is 16.5. The Bertz CT molecular complexity index is 1370. The summed E-state index contributed by atoms with van der Waals surface area (Å²) in [6.07, 6.45) is 3.48. The van der Waals surface area contributed by atoms with Gasteiger partial charge in [0.1, 0.15) is 23.4 Å². The first-order valence-electron chi connectivity index (χ1n) is 13.9. The van der Waals surface area contributed by atoms with Crippen LogP contribution in [0.3, 0.4) is 0 Å². The number of carbonyl (C=O) groups excluding carboxylic acids is 2. The third-order valence-electron chi connectivity index (χ3n) is 7.83. The van der Waals surface area contributed by atoms with Gasteiger partial charge in [0.2, 0.25) is 0 Å². The number of rotatable bonds is 6. The summed E-state index contributed by atoms with van der Waals surface area (Å²) < 4.78 is 7.91. The Morgan fingerprint density at radius 1 is 0.902 bits per heavy atom. The fourth-order valence-electron chi connectivity index (χ4n) is 5.20. The van der Waals surface area contributed by atoms with Crippen LogP contribution in [0, 0.1) is 0 Å². The number of hydrogen-bond donors (Lipinski definition) is 3. The van der Waals surface area contributed by atoms with Crippen molar-refractivity contribution in [3.05, 3.63) is 60.0 Å². The van der Waals surface area contributed by atoms with E-state index in [-0.39, 0.29) is 40.2 Å². The fourth-order valence-corrected chi connectivity index (χ4v) is 5.20. The minimum Gasteiger partial charge on any atom is -0.489 e. The molecule has 1 saturated heterocycles. The number of pyridine rings is 1. The van der Waals surface area contributed by atoms with Gasteiger partial charge < -0.3 is 15.4 Å². The second-order valence-electron chi connectivity index (χ2n) is 13.1. The van der Waals surface area contributed by atoms with E-state index in [4.69, 9.17) is 4.74 Å². The molecule has 1 fully saturated rings. The number of piperidine rings is 1. The summed E-state index contributed by atoms with van der Waals surface area (Å²) in [4.78, 5) is 32.0. The van der Waals surface area contributed by atoms with Crippen LogP contribution in [0.1, 0.15) is 77.5 Å². The Balaban J connectivity index is 1.30. The van der Waals surface area contributed by atoms with Crippen molar-refractivity contribution in [3.63, 3.8) is 0 Å². The van der Waals surface area contributed by atoms with E-state index in [0.717, 1.165) is 18.5 Å². The Morgan fingerprint density at radius 3 is 2.00 bits per heavy atom. The number of aromatic nitrogens is 3. The second kappa shape index (κ2) is 11.2. The normalized spacial score (nSPS) is 17.1. The number of hydrogen-bond acceptors (Lipinski definition) is 6. The van der Waals surface area contributed by atoms with E-state index in [1.54, 1.807) is 54.3 Å². The lowest BCUT2D eigenvalue weighted by Crippen LogP contribution is -2.60. The van der Waals surface area contributed by atoms with Gasteiger partial charge in [0, 0.05) is 53.8 Å². The molecule has 41 heavy (non-hydrogen) atoms. The molecular weight excluding hydrogens is 518 g/mol. The van der Waals surface area contributed by atoms with E-state index in [9.17, 15) is 9.59 Å². The molecule has 3 aromatic rings. The number of urea groups is 1. The van der Waals surface area contributed by atoms with E-state index in [1.165, 1.54) is 0 Å². The predicted molar refractivity (Wildman–Crippen MR) is 163 cm³/mol. The minimum absolute atomic E-state index is 0.0178. The van der Waals surface area contributed by atoms with E-state index in [2.05, 4.69) is 86.4 Å². The van der Waals surface area contributed by atoms with Gasteiger partial charge in [0.25, 0.3) is 5.91 Å². The van der Waals surface area contributed by atoms with Crippen molar-refractivity contribution < 1.29 is 14.3 Å². The van der Waals surface area contributed by atoms with Crippen molar-refractivity contribution in [1.82, 2.24) is 19.7 Å². The summed E-state index contributed by atoms with van der Waals surface area (Å²) in [5.74, 6) is 0.916. The first-order chi connectivity index (χ1) is 19.0. The predicted octanol–water partition coefficient (Wildman–Crippen LogP) is 6.04. The molecule has 3 N–H and O–H groups in total. The summed E-state index contributed by atoms with van der Waals surface area (Å²) in [7, 11) is 3.95. The molecule has 0 bridgehead atoms. The van der Waals surface area contributed by atoms with Gasteiger partial charge >= 0.3 is 6.03 Å². The SMILES string of the molecule is CN1C(C)(C)CC(Oc2ccc(C(=O)Nc3ccc(NC(=O)Nc4cc(C(C)(C)C)nn4C)cc3)nc2)CC1(C)C. The number of amides is 3. The molecule has 0 radical (unpaired) electrons. The van der Waals surface area contributed by atoms with Crippen LogP contribution < -0.4 is 20.7 Å². The molecule has 2 aromatic heterocycles. The van der Waals surface area contributed by atoms with Crippen molar-refractivity contribution in [3.8, 4) is 5.75 Å². The van der Waals surface area contributed by atoms with Gasteiger partial charge in [0.05, 0.1) is 11.9 Å². The fraction of sp³-hybridized carbons (Fsp3) is 0.484. The number of likely N-dealkylation sites (tertiary alicyclic amines) is 1. The van der Waals surface area contributed by atoms with Crippen LogP contribution in [0.15, 0.2) is 48.7 Å². The lowest BCUT2D eigenvalue weighted by Gasteiger charge is -2.53. The number of benzene rings is 1. The molecule has 0 spiro atoms. The molecule has 0 unspecified atom stereocenters. The zero-order chi connectivity index (χ0) is 30.2. The van der Waals surface area contributed by atoms with Crippen LogP contribution in [0.2, 0.25) is 0 Å². The maximum atomic E-state index is 12.8. The molecule has 0 atom stereocenters. The lowest BCUT2D eigenvalue weighted by molar-refractivity contribution is -0.0557. The summed E-state index contributed by atoms with van der Waals surface area (Å²) in [5, 5.41) is 12.9. The monoisotopic (exact) mass is 561 g/mol. The molecular formula is C31H43N7O3. The molecule has 3 heterocycles. The summed E-state index contributed by atoms with van der Waals surface area (Å²) in [6.45, 7) is 15.1. The number of carbonyl (C=O) groups is 2. The lowest BCUT2D eigenvalue weighted by atomic mass is 9.79. The number of aryl methyl sites for hydroxylation is 1. The van der Waals surface area contributed by atoms with Crippen LogP contribution in [0.5, 0.6) is 5.75 Å². The van der Waals surface area contributed by atoms with Gasteiger partial charge in [-0.15, -0.1) is 0 Å². The maximum absolute atomic E-state index is 12.8. The van der Waals surface area contributed by atoms with Crippen LogP contribution in [-0.2, 0) is 12.5 Å². The minimum atomic E-state index is -0.385.